The van der Waals surface area contributed by atoms with Crippen LogP contribution in [0.25, 0.3) is 0 Å². The Morgan fingerprint density at radius 1 is 1.50 bits per heavy atom. The molecule has 0 N–H and O–H groups in total. The van der Waals surface area contributed by atoms with E-state index in [1.807, 2.05) is 6.07 Å². The van der Waals surface area contributed by atoms with Crippen LogP contribution in [0.2, 0.25) is 0 Å². The summed E-state index contributed by atoms with van der Waals surface area (Å²) in [5, 5.41) is 8.37. The molecule has 0 radical (unpaired) electrons. The van der Waals surface area contributed by atoms with Crippen LogP contribution in [0.3, 0.4) is 0 Å². The Morgan fingerprint density at radius 3 is 2.89 bits per heavy atom. The molecule has 18 heavy (non-hydrogen) atoms. The SMILES string of the molecule is CS(=O)(=O)C1CSCCN1c1nccnc1C#N. The molecule has 1 atom stereocenters. The van der Waals surface area contributed by atoms with E-state index in [1.165, 1.54) is 18.6 Å². The van der Waals surface area contributed by atoms with Crippen molar-refractivity contribution in [2.75, 3.05) is 29.2 Å². The van der Waals surface area contributed by atoms with Gasteiger partial charge in [-0.15, -0.1) is 0 Å². The number of nitrogens with zero attached hydrogens (tertiary/aromatic N) is 4. The highest BCUT2D eigenvalue weighted by Gasteiger charge is 2.33. The zero-order valence-corrected chi connectivity index (χ0v) is 11.4. The standard InChI is InChI=1S/C10H12N4O2S2/c1-18(15,16)9-7-17-5-4-14(9)10-8(6-11)12-2-3-13-10/h2-3,9H,4-5,7H2,1H3. The van der Waals surface area contributed by atoms with Crippen LogP contribution in [-0.4, -0.2) is 48.1 Å². The first-order chi connectivity index (χ1) is 8.54. The minimum atomic E-state index is -3.22. The molecule has 0 aliphatic carbocycles. The summed E-state index contributed by atoms with van der Waals surface area (Å²) < 4.78 is 23.6. The van der Waals surface area contributed by atoms with Gasteiger partial charge in [0.1, 0.15) is 11.4 Å². The first-order valence-electron chi connectivity index (χ1n) is 5.28. The maximum atomic E-state index is 11.8. The lowest BCUT2D eigenvalue weighted by Crippen LogP contribution is -2.47. The maximum Gasteiger partial charge on any atom is 0.183 e. The zero-order valence-electron chi connectivity index (χ0n) is 9.78. The van der Waals surface area contributed by atoms with E-state index in [0.29, 0.717) is 18.1 Å². The maximum absolute atomic E-state index is 11.8. The number of rotatable bonds is 2. The van der Waals surface area contributed by atoms with Crippen LogP contribution in [0.15, 0.2) is 12.4 Å². The second-order valence-electron chi connectivity index (χ2n) is 3.89. The van der Waals surface area contributed by atoms with Crippen LogP contribution >= 0.6 is 11.8 Å². The lowest BCUT2D eigenvalue weighted by molar-refractivity contribution is 0.583. The van der Waals surface area contributed by atoms with Crippen molar-refractivity contribution < 1.29 is 8.42 Å². The van der Waals surface area contributed by atoms with Gasteiger partial charge in [0, 0.05) is 36.7 Å². The van der Waals surface area contributed by atoms with Crippen molar-refractivity contribution in [3.05, 3.63) is 18.1 Å². The Hall–Kier alpha value is -1.33. The number of hydrogen-bond acceptors (Lipinski definition) is 7. The van der Waals surface area contributed by atoms with E-state index >= 15 is 0 Å². The molecule has 1 fully saturated rings. The van der Waals surface area contributed by atoms with Crippen LogP contribution in [0.5, 0.6) is 0 Å². The third kappa shape index (κ3) is 2.57. The number of thioether (sulfide) groups is 1. The Kier molecular flexibility index (Phi) is 3.73. The highest BCUT2D eigenvalue weighted by atomic mass is 32.2. The molecule has 1 aliphatic rings. The summed E-state index contributed by atoms with van der Waals surface area (Å²) in [5.41, 5.74) is 0.165. The summed E-state index contributed by atoms with van der Waals surface area (Å²) in [6, 6.07) is 1.95. The fourth-order valence-corrected chi connectivity index (χ4v) is 4.62. The summed E-state index contributed by atoms with van der Waals surface area (Å²) in [4.78, 5) is 9.69. The molecular weight excluding hydrogens is 272 g/mol. The minimum Gasteiger partial charge on any atom is -0.336 e. The number of aromatic nitrogens is 2. The van der Waals surface area contributed by atoms with Crippen LogP contribution in [0, 0.1) is 11.3 Å². The lowest BCUT2D eigenvalue weighted by Gasteiger charge is -2.34. The van der Waals surface area contributed by atoms with Gasteiger partial charge >= 0.3 is 0 Å². The normalized spacial score (nSPS) is 20.4. The molecule has 0 spiro atoms. The van der Waals surface area contributed by atoms with E-state index in [0.717, 1.165) is 5.75 Å². The van der Waals surface area contributed by atoms with Crippen LogP contribution in [0.1, 0.15) is 5.69 Å². The fraction of sp³-hybridized carbons (Fsp3) is 0.500. The third-order valence-electron chi connectivity index (χ3n) is 2.64. The van der Waals surface area contributed by atoms with E-state index in [1.54, 1.807) is 16.7 Å². The van der Waals surface area contributed by atoms with Gasteiger partial charge in [0.2, 0.25) is 0 Å². The second kappa shape index (κ2) is 5.12. The minimum absolute atomic E-state index is 0.165. The Bertz CT molecular complexity index is 582. The van der Waals surface area contributed by atoms with E-state index in [4.69, 9.17) is 5.26 Å². The molecule has 2 heterocycles. The van der Waals surface area contributed by atoms with E-state index in [2.05, 4.69) is 9.97 Å². The van der Waals surface area contributed by atoms with Crippen molar-refractivity contribution in [1.29, 1.82) is 5.26 Å². The number of nitriles is 1. The molecule has 1 aromatic rings. The van der Waals surface area contributed by atoms with Crippen LogP contribution in [0.4, 0.5) is 5.82 Å². The average Bonchev–Trinajstić information content (AvgIpc) is 2.37. The van der Waals surface area contributed by atoms with Gasteiger partial charge in [0.15, 0.2) is 21.3 Å². The summed E-state index contributed by atoms with van der Waals surface area (Å²) >= 11 is 1.59. The van der Waals surface area contributed by atoms with Gasteiger partial charge in [0.25, 0.3) is 0 Å². The lowest BCUT2D eigenvalue weighted by atomic mass is 10.3. The molecule has 6 nitrogen and oxygen atoms in total. The predicted molar refractivity (Wildman–Crippen MR) is 70.0 cm³/mol. The van der Waals surface area contributed by atoms with E-state index in [9.17, 15) is 8.42 Å². The highest BCUT2D eigenvalue weighted by Crippen LogP contribution is 2.26. The topological polar surface area (TPSA) is 87.0 Å². The second-order valence-corrected chi connectivity index (χ2v) is 7.25. The quantitative estimate of drug-likeness (QED) is 0.770. The number of sulfone groups is 1. The molecule has 2 rings (SSSR count). The first kappa shape index (κ1) is 13.1. The Morgan fingerprint density at radius 2 is 2.22 bits per heavy atom. The molecule has 8 heteroatoms. The Labute approximate surface area is 110 Å². The smallest absolute Gasteiger partial charge is 0.183 e. The molecule has 96 valence electrons. The summed E-state index contributed by atoms with van der Waals surface area (Å²) in [5.74, 6) is 1.66. The average molecular weight is 284 g/mol. The largest absolute Gasteiger partial charge is 0.336 e. The van der Waals surface area contributed by atoms with Crippen LogP contribution in [-0.2, 0) is 9.84 Å². The monoisotopic (exact) mass is 284 g/mol. The summed E-state index contributed by atoms with van der Waals surface area (Å²) in [7, 11) is -3.22. The summed E-state index contributed by atoms with van der Waals surface area (Å²) in [6.45, 7) is 0.551. The van der Waals surface area contributed by atoms with Gasteiger partial charge in [-0.1, -0.05) is 0 Å². The molecular formula is C10H12N4O2S2. The van der Waals surface area contributed by atoms with E-state index < -0.39 is 15.2 Å². The molecule has 0 aromatic carbocycles. The van der Waals surface area contributed by atoms with Crippen LogP contribution < -0.4 is 4.90 Å². The van der Waals surface area contributed by atoms with Crippen molar-refractivity contribution in [3.8, 4) is 6.07 Å². The summed E-state index contributed by atoms with van der Waals surface area (Å²) in [6.07, 6.45) is 4.10. The van der Waals surface area contributed by atoms with Gasteiger partial charge in [0.05, 0.1) is 0 Å². The molecule has 0 bridgehead atoms. The number of anilines is 1. The van der Waals surface area contributed by atoms with Gasteiger partial charge in [-0.05, 0) is 0 Å². The number of hydrogen-bond donors (Lipinski definition) is 0. The van der Waals surface area contributed by atoms with E-state index in [-0.39, 0.29) is 5.69 Å². The fourth-order valence-electron chi connectivity index (χ4n) is 1.80. The van der Waals surface area contributed by atoms with Gasteiger partial charge in [-0.25, -0.2) is 18.4 Å². The zero-order chi connectivity index (χ0) is 13.2. The van der Waals surface area contributed by atoms with Crippen molar-refractivity contribution in [2.24, 2.45) is 0 Å². The van der Waals surface area contributed by atoms with Crippen molar-refractivity contribution in [1.82, 2.24) is 9.97 Å². The molecule has 0 amide bonds. The van der Waals surface area contributed by atoms with Gasteiger partial charge in [-0.2, -0.15) is 17.0 Å². The molecule has 1 aromatic heterocycles. The Balaban J connectivity index is 2.44. The van der Waals surface area contributed by atoms with Crippen molar-refractivity contribution in [2.45, 2.75) is 5.37 Å². The third-order valence-corrected chi connectivity index (χ3v) is 5.28. The predicted octanol–water partition coefficient (Wildman–Crippen LogP) is 0.272. The van der Waals surface area contributed by atoms with Gasteiger partial charge in [-0.3, -0.25) is 0 Å². The molecule has 1 unspecified atom stereocenters. The van der Waals surface area contributed by atoms with Crippen molar-refractivity contribution in [3.63, 3.8) is 0 Å². The molecule has 1 aliphatic heterocycles. The first-order valence-corrected chi connectivity index (χ1v) is 8.39. The molecule has 1 saturated heterocycles. The highest BCUT2D eigenvalue weighted by molar-refractivity contribution is 8.01. The molecule has 0 saturated carbocycles. The van der Waals surface area contributed by atoms with Gasteiger partial charge < -0.3 is 4.90 Å². The van der Waals surface area contributed by atoms with Crippen molar-refractivity contribution >= 4 is 27.4 Å².